The number of ketones is 1. The number of nitrogens with zero attached hydrogens (tertiary/aromatic N) is 2. The van der Waals surface area contributed by atoms with Crippen molar-refractivity contribution >= 4 is 28.6 Å². The van der Waals surface area contributed by atoms with Gasteiger partial charge in [-0.05, 0) is 31.0 Å². The number of piperidine rings is 1. The average molecular weight is 315 g/mol. The van der Waals surface area contributed by atoms with Gasteiger partial charge in [0.1, 0.15) is 11.8 Å². The minimum Gasteiger partial charge on any atom is -0.300 e. The van der Waals surface area contributed by atoms with Crippen LogP contribution in [0.4, 0.5) is 0 Å². The van der Waals surface area contributed by atoms with Crippen LogP contribution in [0.15, 0.2) is 23.0 Å². The fourth-order valence-electron chi connectivity index (χ4n) is 3.04. The van der Waals surface area contributed by atoms with Crippen molar-refractivity contribution in [3.63, 3.8) is 0 Å². The Hall–Kier alpha value is -2.70. The predicted octanol–water partition coefficient (Wildman–Crippen LogP) is 0.449. The van der Waals surface area contributed by atoms with Crippen LogP contribution in [-0.4, -0.2) is 26.7 Å². The number of Topliss-reactive ketones (excluding diaryl/α,β-unsaturated/α-hetero) is 1. The van der Waals surface area contributed by atoms with E-state index < -0.39 is 11.9 Å². The van der Waals surface area contributed by atoms with Crippen LogP contribution < -0.4 is 11.0 Å². The maximum absolute atomic E-state index is 12.5. The van der Waals surface area contributed by atoms with Crippen LogP contribution in [0.5, 0.6) is 0 Å². The van der Waals surface area contributed by atoms with Gasteiger partial charge in [0.15, 0.2) is 0 Å². The molecule has 1 aromatic heterocycles. The lowest BCUT2D eigenvalue weighted by Crippen LogP contribution is -2.44. The zero-order chi connectivity index (χ0) is 16.7. The highest BCUT2D eigenvalue weighted by Gasteiger charge is 2.31. The number of carbonyl (C=O) groups excluding carboxylic acids is 3. The van der Waals surface area contributed by atoms with Crippen molar-refractivity contribution in [3.05, 3.63) is 34.2 Å². The van der Waals surface area contributed by atoms with Crippen LogP contribution in [0.25, 0.3) is 11.0 Å². The molecule has 2 aromatic rings. The molecule has 3 rings (SSSR count). The number of fused-ring (bicyclic) bond motifs is 1. The first kappa shape index (κ1) is 15.2. The maximum Gasteiger partial charge on any atom is 0.329 e. The lowest BCUT2D eigenvalue weighted by molar-refractivity contribution is -0.135. The number of rotatable bonds is 3. The molecule has 1 aromatic carbocycles. The van der Waals surface area contributed by atoms with Gasteiger partial charge in [0.05, 0.1) is 11.0 Å². The molecule has 7 heteroatoms. The molecule has 1 aliphatic heterocycles. The molecule has 0 radical (unpaired) electrons. The molecular weight excluding hydrogens is 298 g/mol. The molecule has 0 bridgehead atoms. The summed E-state index contributed by atoms with van der Waals surface area (Å²) in [5.74, 6) is -0.731. The molecule has 0 spiro atoms. The summed E-state index contributed by atoms with van der Waals surface area (Å²) in [5.41, 5.74) is 1.80. The van der Waals surface area contributed by atoms with E-state index in [1.807, 2.05) is 0 Å². The summed E-state index contributed by atoms with van der Waals surface area (Å²) in [6.07, 6.45) is 0.814. The van der Waals surface area contributed by atoms with Gasteiger partial charge >= 0.3 is 5.69 Å². The van der Waals surface area contributed by atoms with Gasteiger partial charge in [0, 0.05) is 19.9 Å². The quantitative estimate of drug-likeness (QED) is 0.833. The Bertz CT molecular complexity index is 891. The Labute approximate surface area is 131 Å². The van der Waals surface area contributed by atoms with Crippen molar-refractivity contribution in [2.75, 3.05) is 0 Å². The molecule has 1 N–H and O–H groups in total. The number of imidazole rings is 1. The Balaban J connectivity index is 2.13. The third-order valence-electron chi connectivity index (χ3n) is 4.13. The predicted molar refractivity (Wildman–Crippen MR) is 83.0 cm³/mol. The van der Waals surface area contributed by atoms with Crippen LogP contribution in [-0.2, 0) is 27.9 Å². The highest BCUT2D eigenvalue weighted by atomic mass is 16.2. The van der Waals surface area contributed by atoms with E-state index in [0.717, 1.165) is 5.56 Å². The Kier molecular flexibility index (Phi) is 3.63. The summed E-state index contributed by atoms with van der Waals surface area (Å²) in [7, 11) is 1.63. The molecule has 1 atom stereocenters. The molecule has 1 aliphatic rings. The molecular formula is C16H17N3O4. The summed E-state index contributed by atoms with van der Waals surface area (Å²) in [6, 6.07) is 4.63. The lowest BCUT2D eigenvalue weighted by Gasteiger charge is -2.21. The lowest BCUT2D eigenvalue weighted by atomic mass is 10.1. The Morgan fingerprint density at radius 1 is 1.26 bits per heavy atom. The molecule has 1 fully saturated rings. The van der Waals surface area contributed by atoms with Crippen molar-refractivity contribution in [1.82, 2.24) is 14.5 Å². The second-order valence-electron chi connectivity index (χ2n) is 5.88. The van der Waals surface area contributed by atoms with Crippen LogP contribution in [0.3, 0.4) is 0 Å². The van der Waals surface area contributed by atoms with E-state index >= 15 is 0 Å². The van der Waals surface area contributed by atoms with Gasteiger partial charge in [-0.15, -0.1) is 0 Å². The zero-order valence-electron chi connectivity index (χ0n) is 13.0. The number of hydrogen-bond donors (Lipinski definition) is 1. The van der Waals surface area contributed by atoms with E-state index in [1.165, 1.54) is 16.1 Å². The van der Waals surface area contributed by atoms with Crippen LogP contribution in [0.1, 0.15) is 31.4 Å². The van der Waals surface area contributed by atoms with Crippen molar-refractivity contribution in [2.45, 2.75) is 32.2 Å². The molecule has 2 heterocycles. The van der Waals surface area contributed by atoms with Gasteiger partial charge < -0.3 is 0 Å². The number of aryl methyl sites for hydroxylation is 1. The first-order chi connectivity index (χ1) is 10.9. The zero-order valence-corrected chi connectivity index (χ0v) is 13.0. The SMILES string of the molecule is CC(=O)Cc1ccc2c(c1)n(C)c(=O)n2C1CCC(=O)NC1=O. The van der Waals surface area contributed by atoms with E-state index in [4.69, 9.17) is 0 Å². The summed E-state index contributed by atoms with van der Waals surface area (Å²) in [6.45, 7) is 1.51. The molecule has 2 amide bonds. The normalized spacial score (nSPS) is 18.3. The number of benzene rings is 1. The smallest absolute Gasteiger partial charge is 0.300 e. The summed E-state index contributed by atoms with van der Waals surface area (Å²) in [5, 5.41) is 2.28. The van der Waals surface area contributed by atoms with Gasteiger partial charge in [-0.2, -0.15) is 0 Å². The van der Waals surface area contributed by atoms with Crippen LogP contribution in [0, 0.1) is 0 Å². The van der Waals surface area contributed by atoms with E-state index in [1.54, 1.807) is 25.2 Å². The molecule has 0 saturated carbocycles. The minimum absolute atomic E-state index is 0.0407. The van der Waals surface area contributed by atoms with E-state index in [0.29, 0.717) is 23.9 Å². The van der Waals surface area contributed by atoms with Crippen molar-refractivity contribution in [3.8, 4) is 0 Å². The number of imide groups is 1. The molecule has 23 heavy (non-hydrogen) atoms. The van der Waals surface area contributed by atoms with Crippen LogP contribution in [0.2, 0.25) is 0 Å². The van der Waals surface area contributed by atoms with Crippen molar-refractivity contribution < 1.29 is 14.4 Å². The molecule has 0 aliphatic carbocycles. The first-order valence-electron chi connectivity index (χ1n) is 7.41. The Morgan fingerprint density at radius 3 is 2.65 bits per heavy atom. The van der Waals surface area contributed by atoms with Crippen molar-refractivity contribution in [1.29, 1.82) is 0 Å². The van der Waals surface area contributed by atoms with Crippen molar-refractivity contribution in [2.24, 2.45) is 7.05 Å². The first-order valence-corrected chi connectivity index (χ1v) is 7.41. The summed E-state index contributed by atoms with van der Waals surface area (Å²) >= 11 is 0. The summed E-state index contributed by atoms with van der Waals surface area (Å²) < 4.78 is 2.89. The third kappa shape index (κ3) is 2.58. The number of nitrogens with one attached hydrogen (secondary N) is 1. The van der Waals surface area contributed by atoms with E-state index in [9.17, 15) is 19.2 Å². The molecule has 120 valence electrons. The topological polar surface area (TPSA) is 90.2 Å². The number of aromatic nitrogens is 2. The van der Waals surface area contributed by atoms with Crippen LogP contribution >= 0.6 is 0 Å². The van der Waals surface area contributed by atoms with E-state index in [2.05, 4.69) is 5.32 Å². The number of carbonyl (C=O) groups is 3. The third-order valence-corrected chi connectivity index (χ3v) is 4.13. The van der Waals surface area contributed by atoms with Gasteiger partial charge in [-0.25, -0.2) is 4.79 Å². The fourth-order valence-corrected chi connectivity index (χ4v) is 3.04. The fraction of sp³-hybridized carbons (Fsp3) is 0.375. The van der Waals surface area contributed by atoms with Gasteiger partial charge in [0.2, 0.25) is 11.8 Å². The second kappa shape index (κ2) is 5.49. The summed E-state index contributed by atoms with van der Waals surface area (Å²) in [4.78, 5) is 47.2. The number of hydrogen-bond acceptors (Lipinski definition) is 4. The molecule has 1 unspecified atom stereocenters. The Morgan fingerprint density at radius 2 is 2.00 bits per heavy atom. The molecule has 1 saturated heterocycles. The second-order valence-corrected chi connectivity index (χ2v) is 5.88. The number of amides is 2. The maximum atomic E-state index is 12.5. The molecule has 7 nitrogen and oxygen atoms in total. The average Bonchev–Trinajstić information content (AvgIpc) is 2.71. The minimum atomic E-state index is -0.692. The highest BCUT2D eigenvalue weighted by molar-refractivity contribution is 6.00. The largest absolute Gasteiger partial charge is 0.329 e. The van der Waals surface area contributed by atoms with Gasteiger partial charge in [0.25, 0.3) is 0 Å². The monoisotopic (exact) mass is 315 g/mol. The standard InChI is InChI=1S/C16H17N3O4/c1-9(20)7-10-3-4-11-13(8-10)18(2)16(23)19(11)12-5-6-14(21)17-15(12)22/h3-4,8,12H,5-7H2,1-2H3,(H,17,21,22). The van der Waals surface area contributed by atoms with Gasteiger partial charge in [-0.3, -0.25) is 28.8 Å². The van der Waals surface area contributed by atoms with E-state index in [-0.39, 0.29) is 23.8 Å². The highest BCUT2D eigenvalue weighted by Crippen LogP contribution is 2.23. The van der Waals surface area contributed by atoms with Gasteiger partial charge in [-0.1, -0.05) is 6.07 Å².